The van der Waals surface area contributed by atoms with Crippen molar-refractivity contribution in [3.8, 4) is 0 Å². The lowest BCUT2D eigenvalue weighted by atomic mass is 10.3. The zero-order valence-electron chi connectivity index (χ0n) is 12.0. The third-order valence-corrected chi connectivity index (χ3v) is 2.42. The summed E-state index contributed by atoms with van der Waals surface area (Å²) in [6, 6.07) is 0. The summed E-state index contributed by atoms with van der Waals surface area (Å²) in [5.74, 6) is -15.1. The minimum absolute atomic E-state index is 0.589. The minimum atomic E-state index is -5.87. The first-order valence-corrected chi connectivity index (χ1v) is 6.15. The van der Waals surface area contributed by atoms with E-state index in [9.17, 15) is 44.7 Å². The van der Waals surface area contributed by atoms with Crippen molar-refractivity contribution in [3.63, 3.8) is 0 Å². The Hall–Kier alpha value is -1.74. The second kappa shape index (κ2) is 8.09. The van der Waals surface area contributed by atoms with Crippen LogP contribution in [0.4, 0.5) is 35.1 Å². The molecule has 0 rings (SSSR count). The Morgan fingerprint density at radius 2 is 1.00 bits per heavy atom. The van der Waals surface area contributed by atoms with E-state index in [1.165, 1.54) is 10.6 Å². The van der Waals surface area contributed by atoms with Gasteiger partial charge in [0.05, 0.1) is 13.2 Å². The lowest BCUT2D eigenvalue weighted by Crippen LogP contribution is -2.54. The first kappa shape index (κ1) is 23.3. The number of nitrogens with one attached hydrogen (secondary N) is 2. The monoisotopic (exact) mass is 392 g/mol. The van der Waals surface area contributed by atoms with E-state index in [1.54, 1.807) is 0 Å². The molecule has 15 heteroatoms. The summed E-state index contributed by atoms with van der Waals surface area (Å²) in [6.07, 6.45) is -11.7. The summed E-state index contributed by atoms with van der Waals surface area (Å²) in [5.41, 5.74) is 0. The highest BCUT2D eigenvalue weighted by atomic mass is 19.4. The highest BCUT2D eigenvalue weighted by Gasteiger charge is 2.61. The Kier molecular flexibility index (Phi) is 7.53. The number of carbonyl (C=O) groups excluding carboxylic acids is 2. The molecular formula is C10H12F8N2O5. The van der Waals surface area contributed by atoms with Crippen molar-refractivity contribution in [2.45, 2.75) is 24.1 Å². The van der Waals surface area contributed by atoms with Crippen molar-refractivity contribution >= 4 is 11.8 Å². The van der Waals surface area contributed by atoms with Crippen LogP contribution in [-0.4, -0.2) is 72.4 Å². The molecule has 0 fully saturated rings. The molecule has 0 aliphatic rings. The largest absolute Gasteiger partial charge is 0.458 e. The van der Waals surface area contributed by atoms with Crippen LogP contribution in [0.2, 0.25) is 0 Å². The van der Waals surface area contributed by atoms with Crippen LogP contribution in [0, 0.1) is 0 Å². The van der Waals surface area contributed by atoms with Crippen LogP contribution in [-0.2, 0) is 14.3 Å². The molecule has 25 heavy (non-hydrogen) atoms. The molecule has 0 spiro atoms. The van der Waals surface area contributed by atoms with Crippen LogP contribution in [0.25, 0.3) is 0 Å². The number of amides is 2. The number of halogens is 8. The summed E-state index contributed by atoms with van der Waals surface area (Å²) in [7, 11) is 0. The zero-order valence-corrected chi connectivity index (χ0v) is 12.0. The van der Waals surface area contributed by atoms with Gasteiger partial charge in [-0.25, -0.2) is 0 Å². The van der Waals surface area contributed by atoms with Crippen molar-refractivity contribution in [1.82, 2.24) is 10.6 Å². The molecular weight excluding hydrogens is 380 g/mol. The fourth-order valence-electron chi connectivity index (χ4n) is 1.07. The zero-order chi connectivity index (χ0) is 20.1. The summed E-state index contributed by atoms with van der Waals surface area (Å²) in [5, 5.41) is 19.3. The molecule has 4 N–H and O–H groups in total. The second-order valence-electron chi connectivity index (χ2n) is 4.36. The van der Waals surface area contributed by atoms with Gasteiger partial charge in [-0.2, -0.15) is 35.1 Å². The van der Waals surface area contributed by atoms with Gasteiger partial charge in [-0.3, -0.25) is 9.59 Å². The Balaban J connectivity index is 4.03. The van der Waals surface area contributed by atoms with Gasteiger partial charge in [0.2, 0.25) is 0 Å². The van der Waals surface area contributed by atoms with E-state index < -0.39 is 62.2 Å². The molecule has 0 bridgehead atoms. The van der Waals surface area contributed by atoms with Crippen LogP contribution < -0.4 is 10.6 Å². The first-order valence-electron chi connectivity index (χ1n) is 6.15. The van der Waals surface area contributed by atoms with Gasteiger partial charge in [0.1, 0.15) is 0 Å². The molecule has 7 nitrogen and oxygen atoms in total. The maximum Gasteiger partial charge on any atom is 0.458 e. The number of alkyl halides is 8. The van der Waals surface area contributed by atoms with Gasteiger partial charge < -0.3 is 25.6 Å². The molecule has 0 saturated heterocycles. The number of hydrogen-bond acceptors (Lipinski definition) is 5. The van der Waals surface area contributed by atoms with Crippen molar-refractivity contribution in [2.75, 3.05) is 26.3 Å². The van der Waals surface area contributed by atoms with E-state index in [0.29, 0.717) is 0 Å². The second-order valence-corrected chi connectivity index (χ2v) is 4.36. The quantitative estimate of drug-likeness (QED) is 0.335. The van der Waals surface area contributed by atoms with Crippen LogP contribution in [0.3, 0.4) is 0 Å². The Morgan fingerprint density at radius 1 is 0.720 bits per heavy atom. The van der Waals surface area contributed by atoms with Crippen molar-refractivity contribution < 1.29 is 59.7 Å². The van der Waals surface area contributed by atoms with Crippen LogP contribution in [0.5, 0.6) is 0 Å². The number of carbonyl (C=O) groups is 2. The molecule has 0 radical (unpaired) electrons. The highest BCUT2D eigenvalue weighted by molar-refractivity contribution is 5.84. The maximum absolute atomic E-state index is 12.7. The fourth-order valence-corrected chi connectivity index (χ4v) is 1.07. The number of aliphatic hydroxyl groups is 2. The van der Waals surface area contributed by atoms with Crippen LogP contribution >= 0.6 is 0 Å². The molecule has 148 valence electrons. The minimum Gasteiger partial charge on any atom is -0.378 e. The van der Waals surface area contributed by atoms with E-state index in [1.807, 2.05) is 0 Å². The molecule has 2 unspecified atom stereocenters. The van der Waals surface area contributed by atoms with E-state index in [4.69, 9.17) is 10.2 Å². The SMILES string of the molecule is O=C(NCCOCCNC(=O)C(O)(F)C(F)(F)F)C(O)(F)C(F)(F)F. The molecule has 0 saturated carbocycles. The molecule has 2 amide bonds. The predicted molar refractivity (Wildman–Crippen MR) is 61.1 cm³/mol. The fraction of sp³-hybridized carbons (Fsp3) is 0.800. The molecule has 0 aromatic rings. The third-order valence-electron chi connectivity index (χ3n) is 2.42. The first-order chi connectivity index (χ1) is 11.0. The van der Waals surface area contributed by atoms with Crippen molar-refractivity contribution in [3.05, 3.63) is 0 Å². The van der Waals surface area contributed by atoms with Gasteiger partial charge >= 0.3 is 24.1 Å². The number of ether oxygens (including phenoxy) is 1. The normalized spacial score (nSPS) is 17.4. The molecule has 2 atom stereocenters. The highest BCUT2D eigenvalue weighted by Crippen LogP contribution is 2.32. The van der Waals surface area contributed by atoms with Crippen LogP contribution in [0.1, 0.15) is 0 Å². The summed E-state index contributed by atoms with van der Waals surface area (Å²) in [4.78, 5) is 21.5. The molecule has 0 heterocycles. The standard InChI is InChI=1S/C10H12F8N2O5/c11-7(23,9(13,14)15)5(21)19-1-3-25-4-2-20-6(22)8(12,24)10(16,17)18/h23-24H,1-4H2,(H,19,21)(H,20,22). The molecule has 0 aliphatic carbocycles. The lowest BCUT2D eigenvalue weighted by Gasteiger charge is -2.21. The van der Waals surface area contributed by atoms with Crippen LogP contribution in [0.15, 0.2) is 0 Å². The van der Waals surface area contributed by atoms with E-state index in [-0.39, 0.29) is 0 Å². The maximum atomic E-state index is 12.7. The lowest BCUT2D eigenvalue weighted by molar-refractivity contribution is -0.298. The van der Waals surface area contributed by atoms with E-state index in [0.717, 1.165) is 0 Å². The predicted octanol–water partition coefficient (Wildman–Crippen LogP) is -0.324. The van der Waals surface area contributed by atoms with Gasteiger partial charge in [0.15, 0.2) is 0 Å². The third kappa shape index (κ3) is 6.24. The molecule has 0 aromatic heterocycles. The average Bonchev–Trinajstić information content (AvgIpc) is 2.43. The summed E-state index contributed by atoms with van der Waals surface area (Å²) < 4.78 is 101. The summed E-state index contributed by atoms with van der Waals surface area (Å²) in [6.45, 7) is -2.64. The van der Waals surface area contributed by atoms with Gasteiger partial charge in [0.25, 0.3) is 11.8 Å². The number of hydrogen-bond donors (Lipinski definition) is 4. The van der Waals surface area contributed by atoms with Crippen molar-refractivity contribution in [2.24, 2.45) is 0 Å². The summed E-state index contributed by atoms with van der Waals surface area (Å²) >= 11 is 0. The van der Waals surface area contributed by atoms with Gasteiger partial charge in [0, 0.05) is 13.1 Å². The Labute approximate surface area is 133 Å². The Bertz CT molecular complexity index is 435. The smallest absolute Gasteiger partial charge is 0.378 e. The van der Waals surface area contributed by atoms with E-state index >= 15 is 0 Å². The van der Waals surface area contributed by atoms with Gasteiger partial charge in [-0.05, 0) is 0 Å². The topological polar surface area (TPSA) is 108 Å². The van der Waals surface area contributed by atoms with E-state index in [2.05, 4.69) is 4.74 Å². The van der Waals surface area contributed by atoms with Gasteiger partial charge in [-0.15, -0.1) is 0 Å². The van der Waals surface area contributed by atoms with Crippen molar-refractivity contribution in [1.29, 1.82) is 0 Å². The molecule has 0 aliphatic heterocycles. The number of rotatable bonds is 8. The van der Waals surface area contributed by atoms with Gasteiger partial charge in [-0.1, -0.05) is 0 Å². The molecule has 0 aromatic carbocycles. The Morgan fingerprint density at radius 3 is 1.24 bits per heavy atom. The average molecular weight is 392 g/mol.